The zero-order valence-corrected chi connectivity index (χ0v) is 15.7. The standard InChI is InChI=1S/C23H22N2O3/c1-14-20(23(27)28-2)22(17-10-6-7-11-24-17)21-18(25-14)12-16(13-19(21)26)15-8-4-3-5-9-15/h3-11,16,20,22,25H,1,12-13H2,2H3. The monoisotopic (exact) mass is 374 g/mol. The van der Waals surface area contributed by atoms with E-state index in [1.54, 1.807) is 6.20 Å². The maximum Gasteiger partial charge on any atom is 0.315 e. The van der Waals surface area contributed by atoms with Crippen molar-refractivity contribution in [1.29, 1.82) is 0 Å². The minimum Gasteiger partial charge on any atom is -0.468 e. The van der Waals surface area contributed by atoms with Crippen LogP contribution in [0.2, 0.25) is 0 Å². The molecule has 2 aliphatic rings. The van der Waals surface area contributed by atoms with Crippen molar-refractivity contribution < 1.29 is 14.3 Å². The number of ether oxygens (including phenoxy) is 1. The molecular weight excluding hydrogens is 352 g/mol. The lowest BCUT2D eigenvalue weighted by Gasteiger charge is -2.39. The summed E-state index contributed by atoms with van der Waals surface area (Å²) >= 11 is 0. The number of benzene rings is 1. The van der Waals surface area contributed by atoms with Crippen molar-refractivity contribution in [3.63, 3.8) is 0 Å². The molecule has 2 aromatic rings. The maximum atomic E-state index is 13.3. The van der Waals surface area contributed by atoms with E-state index in [9.17, 15) is 9.59 Å². The van der Waals surface area contributed by atoms with Crippen molar-refractivity contribution in [2.24, 2.45) is 5.92 Å². The van der Waals surface area contributed by atoms with Gasteiger partial charge in [0.15, 0.2) is 5.78 Å². The van der Waals surface area contributed by atoms with Crippen LogP contribution in [0.3, 0.4) is 0 Å². The van der Waals surface area contributed by atoms with Crippen LogP contribution in [-0.4, -0.2) is 23.8 Å². The van der Waals surface area contributed by atoms with Crippen LogP contribution in [0.1, 0.15) is 35.9 Å². The number of rotatable bonds is 3. The molecule has 1 aliphatic heterocycles. The second-order valence-electron chi connectivity index (χ2n) is 7.21. The molecular formula is C23H22N2O3. The first-order valence-electron chi connectivity index (χ1n) is 9.36. The molecule has 2 heterocycles. The van der Waals surface area contributed by atoms with Crippen molar-refractivity contribution in [2.75, 3.05) is 7.11 Å². The number of allylic oxidation sites excluding steroid dienone is 2. The Kier molecular flexibility index (Phi) is 4.82. The van der Waals surface area contributed by atoms with Crippen LogP contribution in [0.5, 0.6) is 0 Å². The molecule has 5 nitrogen and oxygen atoms in total. The Balaban J connectivity index is 1.80. The highest BCUT2D eigenvalue weighted by molar-refractivity contribution is 6.00. The number of carbonyl (C=O) groups is 2. The molecule has 1 aliphatic carbocycles. The summed E-state index contributed by atoms with van der Waals surface area (Å²) in [4.78, 5) is 30.2. The summed E-state index contributed by atoms with van der Waals surface area (Å²) in [5, 5.41) is 3.25. The molecule has 3 unspecified atom stereocenters. The Morgan fingerprint density at radius 2 is 1.89 bits per heavy atom. The molecule has 4 rings (SSSR count). The Morgan fingerprint density at radius 1 is 1.14 bits per heavy atom. The number of Topliss-reactive ketones (excluding diaryl/α,β-unsaturated/α-hetero) is 1. The zero-order valence-electron chi connectivity index (χ0n) is 15.7. The van der Waals surface area contributed by atoms with E-state index in [0.717, 1.165) is 11.3 Å². The summed E-state index contributed by atoms with van der Waals surface area (Å²) in [7, 11) is 1.35. The van der Waals surface area contributed by atoms with Crippen LogP contribution in [0.4, 0.5) is 0 Å². The Bertz CT molecular complexity index is 950. The number of hydrogen-bond donors (Lipinski definition) is 1. The van der Waals surface area contributed by atoms with Gasteiger partial charge in [-0.05, 0) is 30.0 Å². The molecule has 5 heteroatoms. The first-order chi connectivity index (χ1) is 13.6. The van der Waals surface area contributed by atoms with Gasteiger partial charge >= 0.3 is 5.97 Å². The lowest BCUT2D eigenvalue weighted by atomic mass is 9.70. The lowest BCUT2D eigenvalue weighted by Crippen LogP contribution is -2.42. The van der Waals surface area contributed by atoms with Gasteiger partial charge < -0.3 is 10.1 Å². The molecule has 28 heavy (non-hydrogen) atoms. The minimum atomic E-state index is -0.684. The predicted octanol–water partition coefficient (Wildman–Crippen LogP) is 3.47. The van der Waals surface area contributed by atoms with E-state index in [1.807, 2.05) is 36.4 Å². The molecule has 1 aromatic heterocycles. The van der Waals surface area contributed by atoms with E-state index in [0.29, 0.717) is 29.8 Å². The second-order valence-corrected chi connectivity index (χ2v) is 7.21. The van der Waals surface area contributed by atoms with Gasteiger partial charge in [0, 0.05) is 35.3 Å². The van der Waals surface area contributed by atoms with E-state index < -0.39 is 17.8 Å². The van der Waals surface area contributed by atoms with Crippen LogP contribution >= 0.6 is 0 Å². The van der Waals surface area contributed by atoms with Crippen molar-refractivity contribution >= 4 is 11.8 Å². The van der Waals surface area contributed by atoms with Gasteiger partial charge in [-0.25, -0.2) is 0 Å². The van der Waals surface area contributed by atoms with Gasteiger partial charge in [0.2, 0.25) is 0 Å². The fourth-order valence-electron chi connectivity index (χ4n) is 4.29. The van der Waals surface area contributed by atoms with Gasteiger partial charge in [0.1, 0.15) is 5.92 Å². The highest BCUT2D eigenvalue weighted by Gasteiger charge is 2.45. The van der Waals surface area contributed by atoms with Crippen molar-refractivity contribution in [2.45, 2.75) is 24.7 Å². The van der Waals surface area contributed by atoms with Gasteiger partial charge in [-0.3, -0.25) is 14.6 Å². The largest absolute Gasteiger partial charge is 0.468 e. The highest BCUT2D eigenvalue weighted by Crippen LogP contribution is 2.46. The van der Waals surface area contributed by atoms with Gasteiger partial charge in [0.05, 0.1) is 13.0 Å². The van der Waals surface area contributed by atoms with E-state index in [1.165, 1.54) is 7.11 Å². The van der Waals surface area contributed by atoms with Crippen molar-refractivity contribution in [1.82, 2.24) is 10.3 Å². The normalized spacial score (nSPS) is 24.4. The maximum absolute atomic E-state index is 13.3. The number of nitrogens with one attached hydrogen (secondary N) is 1. The Hall–Kier alpha value is -3.21. The smallest absolute Gasteiger partial charge is 0.315 e. The molecule has 0 fully saturated rings. The first kappa shape index (κ1) is 18.2. The fraction of sp³-hybridized carbons (Fsp3) is 0.261. The third-order valence-electron chi connectivity index (χ3n) is 5.57. The number of esters is 1. The van der Waals surface area contributed by atoms with E-state index >= 15 is 0 Å². The summed E-state index contributed by atoms with van der Waals surface area (Å²) in [5.41, 5.74) is 3.83. The van der Waals surface area contributed by atoms with Crippen LogP contribution in [0.25, 0.3) is 0 Å². The van der Waals surface area contributed by atoms with E-state index in [2.05, 4.69) is 29.0 Å². The molecule has 1 N–H and O–H groups in total. The predicted molar refractivity (Wildman–Crippen MR) is 105 cm³/mol. The molecule has 0 saturated heterocycles. The quantitative estimate of drug-likeness (QED) is 0.833. The van der Waals surface area contributed by atoms with Gasteiger partial charge in [-0.2, -0.15) is 0 Å². The molecule has 0 radical (unpaired) electrons. The summed E-state index contributed by atoms with van der Waals surface area (Å²) < 4.78 is 5.02. The van der Waals surface area contributed by atoms with Crippen molar-refractivity contribution in [3.8, 4) is 0 Å². The van der Waals surface area contributed by atoms with E-state index in [-0.39, 0.29) is 11.7 Å². The number of carbonyl (C=O) groups excluding carboxylic acids is 2. The third-order valence-corrected chi connectivity index (χ3v) is 5.57. The molecule has 1 aromatic carbocycles. The average Bonchev–Trinajstić information content (AvgIpc) is 2.73. The fourth-order valence-corrected chi connectivity index (χ4v) is 4.29. The van der Waals surface area contributed by atoms with Crippen LogP contribution < -0.4 is 5.32 Å². The number of ketones is 1. The number of hydrogen-bond acceptors (Lipinski definition) is 5. The average molecular weight is 374 g/mol. The molecule has 0 spiro atoms. The molecule has 0 saturated carbocycles. The minimum absolute atomic E-state index is 0.0414. The molecule has 142 valence electrons. The number of methoxy groups -OCH3 is 1. The molecule has 0 bridgehead atoms. The molecule has 0 amide bonds. The Labute approximate surface area is 164 Å². The number of pyridine rings is 1. The Morgan fingerprint density at radius 3 is 2.57 bits per heavy atom. The van der Waals surface area contributed by atoms with Crippen LogP contribution in [-0.2, 0) is 14.3 Å². The van der Waals surface area contributed by atoms with Gasteiger partial charge in [-0.1, -0.05) is 43.0 Å². The number of nitrogens with zero attached hydrogens (tertiary/aromatic N) is 1. The van der Waals surface area contributed by atoms with Crippen molar-refractivity contribution in [3.05, 3.63) is 89.5 Å². The first-order valence-corrected chi connectivity index (χ1v) is 9.36. The van der Waals surface area contributed by atoms with Gasteiger partial charge in [0.25, 0.3) is 0 Å². The highest BCUT2D eigenvalue weighted by atomic mass is 16.5. The summed E-state index contributed by atoms with van der Waals surface area (Å²) in [6.45, 7) is 4.07. The summed E-state index contributed by atoms with van der Waals surface area (Å²) in [6.07, 6.45) is 2.78. The van der Waals surface area contributed by atoms with Crippen LogP contribution in [0, 0.1) is 5.92 Å². The SMILES string of the molecule is C=C1NC2=C(C(=O)CC(c3ccccc3)C2)C(c2ccccn2)C1C(=O)OC. The third kappa shape index (κ3) is 3.13. The topological polar surface area (TPSA) is 68.3 Å². The van der Waals surface area contributed by atoms with Crippen LogP contribution in [0.15, 0.2) is 78.3 Å². The lowest BCUT2D eigenvalue weighted by molar-refractivity contribution is -0.144. The van der Waals surface area contributed by atoms with Gasteiger partial charge in [-0.15, -0.1) is 0 Å². The summed E-state index contributed by atoms with van der Waals surface area (Å²) in [6, 6.07) is 15.6. The number of aromatic nitrogens is 1. The molecule has 3 atom stereocenters. The zero-order chi connectivity index (χ0) is 19.7. The van der Waals surface area contributed by atoms with E-state index in [4.69, 9.17) is 4.74 Å². The summed E-state index contributed by atoms with van der Waals surface area (Å²) in [5.74, 6) is -1.44. The second kappa shape index (κ2) is 7.43.